The largest absolute Gasteiger partial charge is 0.484 e. The molecule has 0 unspecified atom stereocenters. The number of nitrogens with one attached hydrogen (secondary N) is 1. The Morgan fingerprint density at radius 1 is 1.13 bits per heavy atom. The van der Waals surface area contributed by atoms with Gasteiger partial charge in [0, 0.05) is 17.8 Å². The monoisotopic (exact) mass is 324 g/mol. The van der Waals surface area contributed by atoms with Crippen LogP contribution in [0.1, 0.15) is 15.9 Å². The van der Waals surface area contributed by atoms with Crippen LogP contribution in [0.3, 0.4) is 0 Å². The van der Waals surface area contributed by atoms with Crippen LogP contribution < -0.4 is 15.8 Å². The predicted octanol–water partition coefficient (Wildman–Crippen LogP) is 3.34. The first-order chi connectivity index (χ1) is 10.8. The molecule has 4 nitrogen and oxygen atoms in total. The highest BCUT2D eigenvalue weighted by Crippen LogP contribution is 2.20. The molecule has 0 spiro atoms. The third-order valence-electron chi connectivity index (χ3n) is 2.97. The van der Waals surface area contributed by atoms with Gasteiger partial charge in [0.2, 0.25) is 5.91 Å². The van der Waals surface area contributed by atoms with Gasteiger partial charge in [-0.25, -0.2) is 0 Å². The average Bonchev–Trinajstić information content (AvgIpc) is 2.51. The van der Waals surface area contributed by atoms with Crippen molar-refractivity contribution in [3.63, 3.8) is 0 Å². The fraction of sp³-hybridized carbons (Fsp3) is 0.188. The van der Waals surface area contributed by atoms with E-state index in [9.17, 15) is 18.0 Å². The van der Waals surface area contributed by atoms with Crippen LogP contribution in [0, 0.1) is 0 Å². The molecule has 2 aromatic rings. The molecule has 3 N–H and O–H groups in total. The van der Waals surface area contributed by atoms with E-state index in [1.54, 1.807) is 36.4 Å². The number of carbonyl (C=O) groups excluding carboxylic acids is 1. The van der Waals surface area contributed by atoms with Gasteiger partial charge in [0.15, 0.2) is 6.61 Å². The number of rotatable bonds is 6. The van der Waals surface area contributed by atoms with Crippen molar-refractivity contribution in [3.05, 3.63) is 59.7 Å². The van der Waals surface area contributed by atoms with Crippen LogP contribution in [0.2, 0.25) is 0 Å². The Bertz CT molecular complexity index is 670. The summed E-state index contributed by atoms with van der Waals surface area (Å²) >= 11 is 0. The van der Waals surface area contributed by atoms with Crippen molar-refractivity contribution in [1.29, 1.82) is 0 Å². The first-order valence-electron chi connectivity index (χ1n) is 6.76. The minimum absolute atomic E-state index is 0.158. The molecule has 0 fully saturated rings. The molecule has 2 aromatic carbocycles. The van der Waals surface area contributed by atoms with Crippen molar-refractivity contribution in [2.24, 2.45) is 5.73 Å². The number of ether oxygens (including phenoxy) is 1. The molecule has 0 bridgehead atoms. The minimum atomic E-state index is -4.36. The summed E-state index contributed by atoms with van der Waals surface area (Å²) in [4.78, 5) is 11.0. The fourth-order valence-electron chi connectivity index (χ4n) is 1.87. The number of nitrogens with two attached hydrogens (primary N) is 1. The number of primary amides is 1. The number of halogens is 3. The van der Waals surface area contributed by atoms with Crippen LogP contribution in [0.5, 0.6) is 5.75 Å². The summed E-state index contributed by atoms with van der Waals surface area (Å²) in [5.74, 6) is -0.350. The second kappa shape index (κ2) is 7.04. The van der Waals surface area contributed by atoms with Crippen molar-refractivity contribution in [2.75, 3.05) is 11.9 Å². The predicted molar refractivity (Wildman–Crippen MR) is 80.3 cm³/mol. The van der Waals surface area contributed by atoms with Crippen molar-refractivity contribution in [2.45, 2.75) is 12.7 Å². The van der Waals surface area contributed by atoms with E-state index < -0.39 is 18.7 Å². The van der Waals surface area contributed by atoms with Crippen LogP contribution in [0.25, 0.3) is 0 Å². The second-order valence-corrected chi connectivity index (χ2v) is 4.85. The van der Waals surface area contributed by atoms with E-state index in [4.69, 9.17) is 10.5 Å². The molecule has 0 radical (unpaired) electrons. The molecule has 0 saturated carbocycles. The van der Waals surface area contributed by atoms with Gasteiger partial charge in [-0.05, 0) is 42.0 Å². The summed E-state index contributed by atoms with van der Waals surface area (Å²) in [7, 11) is 0. The average molecular weight is 324 g/mol. The van der Waals surface area contributed by atoms with Gasteiger partial charge in [0.1, 0.15) is 5.75 Å². The summed E-state index contributed by atoms with van der Waals surface area (Å²) in [5.41, 5.74) is 7.08. The number of hydrogen-bond acceptors (Lipinski definition) is 3. The first kappa shape index (κ1) is 16.7. The first-order valence-corrected chi connectivity index (χ1v) is 6.76. The number of anilines is 1. The smallest absolute Gasteiger partial charge is 0.422 e. The number of benzene rings is 2. The molecule has 122 valence electrons. The fourth-order valence-corrected chi connectivity index (χ4v) is 1.87. The summed E-state index contributed by atoms with van der Waals surface area (Å²) < 4.78 is 41.1. The Morgan fingerprint density at radius 3 is 2.43 bits per heavy atom. The molecule has 1 amide bonds. The van der Waals surface area contributed by atoms with Crippen molar-refractivity contribution in [3.8, 4) is 5.75 Å². The topological polar surface area (TPSA) is 64.4 Å². The lowest BCUT2D eigenvalue weighted by Crippen LogP contribution is -2.19. The molecule has 0 atom stereocenters. The second-order valence-electron chi connectivity index (χ2n) is 4.85. The van der Waals surface area contributed by atoms with E-state index in [1.807, 2.05) is 0 Å². The molecule has 0 aromatic heterocycles. The van der Waals surface area contributed by atoms with Crippen LogP contribution >= 0.6 is 0 Å². The quantitative estimate of drug-likeness (QED) is 0.856. The van der Waals surface area contributed by atoms with E-state index in [1.165, 1.54) is 12.1 Å². The van der Waals surface area contributed by atoms with Crippen molar-refractivity contribution >= 4 is 11.6 Å². The molecule has 23 heavy (non-hydrogen) atoms. The maximum Gasteiger partial charge on any atom is 0.422 e. The highest BCUT2D eigenvalue weighted by atomic mass is 19.4. The third kappa shape index (κ3) is 5.54. The third-order valence-corrected chi connectivity index (χ3v) is 2.97. The van der Waals surface area contributed by atoms with E-state index in [0.717, 1.165) is 11.3 Å². The van der Waals surface area contributed by atoms with Gasteiger partial charge >= 0.3 is 6.18 Å². The van der Waals surface area contributed by atoms with Gasteiger partial charge in [-0.2, -0.15) is 13.2 Å². The summed E-state index contributed by atoms with van der Waals surface area (Å²) in [5, 5.41) is 3.10. The minimum Gasteiger partial charge on any atom is -0.484 e. The lowest BCUT2D eigenvalue weighted by atomic mass is 10.2. The van der Waals surface area contributed by atoms with E-state index in [0.29, 0.717) is 12.1 Å². The summed E-state index contributed by atoms with van der Waals surface area (Å²) in [6.45, 7) is -0.919. The number of alkyl halides is 3. The van der Waals surface area contributed by atoms with Gasteiger partial charge < -0.3 is 15.8 Å². The highest BCUT2D eigenvalue weighted by molar-refractivity contribution is 5.93. The van der Waals surface area contributed by atoms with Crippen LogP contribution in [0.15, 0.2) is 48.5 Å². The van der Waals surface area contributed by atoms with E-state index in [2.05, 4.69) is 5.32 Å². The molecule has 0 aliphatic rings. The van der Waals surface area contributed by atoms with Crippen LogP contribution in [0.4, 0.5) is 18.9 Å². The zero-order valence-electron chi connectivity index (χ0n) is 12.1. The van der Waals surface area contributed by atoms with Gasteiger partial charge in [0.05, 0.1) is 0 Å². The lowest BCUT2D eigenvalue weighted by molar-refractivity contribution is -0.153. The maximum absolute atomic E-state index is 12.1. The Labute approximate surface area is 131 Å². The van der Waals surface area contributed by atoms with E-state index in [-0.39, 0.29) is 5.75 Å². The Balaban J connectivity index is 1.94. The zero-order chi connectivity index (χ0) is 16.9. The molecule has 0 saturated heterocycles. The SMILES string of the molecule is NC(=O)c1ccc(NCc2cccc(OCC(F)(F)F)c2)cc1. The highest BCUT2D eigenvalue weighted by Gasteiger charge is 2.28. The molecule has 7 heteroatoms. The number of hydrogen-bond donors (Lipinski definition) is 2. The molecule has 2 rings (SSSR count). The molecular weight excluding hydrogens is 309 g/mol. The van der Waals surface area contributed by atoms with Gasteiger partial charge in [-0.1, -0.05) is 12.1 Å². The molecular formula is C16H15F3N2O2. The van der Waals surface area contributed by atoms with Gasteiger partial charge in [-0.3, -0.25) is 4.79 Å². The summed E-state index contributed by atoms with van der Waals surface area (Å²) in [6.07, 6.45) is -4.36. The maximum atomic E-state index is 12.1. The molecule has 0 heterocycles. The van der Waals surface area contributed by atoms with Crippen molar-refractivity contribution < 1.29 is 22.7 Å². The number of carbonyl (C=O) groups is 1. The lowest BCUT2D eigenvalue weighted by Gasteiger charge is -2.11. The van der Waals surface area contributed by atoms with Crippen molar-refractivity contribution in [1.82, 2.24) is 0 Å². The van der Waals surface area contributed by atoms with Gasteiger partial charge in [0.25, 0.3) is 0 Å². The normalized spacial score (nSPS) is 11.1. The summed E-state index contributed by atoms with van der Waals surface area (Å²) in [6, 6.07) is 13.0. The number of amides is 1. The Kier molecular flexibility index (Phi) is 5.10. The standard InChI is InChI=1S/C16H15F3N2O2/c17-16(18,19)10-23-14-3-1-2-11(8-14)9-21-13-6-4-12(5-7-13)15(20)22/h1-8,21H,9-10H2,(H2,20,22). The van der Waals surface area contributed by atoms with Gasteiger partial charge in [-0.15, -0.1) is 0 Å². The van der Waals surface area contributed by atoms with Crippen LogP contribution in [-0.2, 0) is 6.54 Å². The van der Waals surface area contributed by atoms with E-state index >= 15 is 0 Å². The molecule has 0 aliphatic carbocycles. The molecule has 0 aliphatic heterocycles. The zero-order valence-corrected chi connectivity index (χ0v) is 12.1. The Hall–Kier alpha value is -2.70. The van der Waals surface area contributed by atoms with Crippen LogP contribution in [-0.4, -0.2) is 18.7 Å². The Morgan fingerprint density at radius 2 is 1.83 bits per heavy atom.